The number of hydrogen-bond acceptors (Lipinski definition) is 2. The Morgan fingerprint density at radius 2 is 1.81 bits per heavy atom. The van der Waals surface area contributed by atoms with Gasteiger partial charge in [-0.25, -0.2) is 0 Å². The van der Waals surface area contributed by atoms with Gasteiger partial charge in [-0.15, -0.1) is 0 Å². The van der Waals surface area contributed by atoms with E-state index >= 15 is 0 Å². The van der Waals surface area contributed by atoms with Crippen molar-refractivity contribution in [1.29, 1.82) is 0 Å². The maximum Gasteiger partial charge on any atom is 0.226 e. The fourth-order valence-corrected chi connectivity index (χ4v) is 3.70. The van der Waals surface area contributed by atoms with Gasteiger partial charge in [0.15, 0.2) is 0 Å². The lowest BCUT2D eigenvalue weighted by atomic mass is 9.85. The zero-order valence-corrected chi connectivity index (χ0v) is 10.2. The third-order valence-electron chi connectivity index (χ3n) is 4.67. The van der Waals surface area contributed by atoms with Gasteiger partial charge in [-0.05, 0) is 25.8 Å². The standard InChI is InChI=1S/C13H22N2O/c1-2-14-8-11-7-12(9-14)15(11)13(16)10-5-3-4-6-10/h10-12H,2-9H2,1H3. The summed E-state index contributed by atoms with van der Waals surface area (Å²) < 4.78 is 0. The lowest BCUT2D eigenvalue weighted by Crippen LogP contribution is -2.70. The summed E-state index contributed by atoms with van der Waals surface area (Å²) in [5.41, 5.74) is 0. The van der Waals surface area contributed by atoms with Crippen molar-refractivity contribution in [1.82, 2.24) is 9.80 Å². The highest BCUT2D eigenvalue weighted by molar-refractivity contribution is 5.80. The van der Waals surface area contributed by atoms with E-state index in [0.717, 1.165) is 32.5 Å². The number of carbonyl (C=O) groups excluding carboxylic acids is 1. The van der Waals surface area contributed by atoms with Crippen LogP contribution in [0.1, 0.15) is 39.0 Å². The number of likely N-dealkylation sites (N-methyl/N-ethyl adjacent to an activating group) is 1. The average molecular weight is 222 g/mol. The van der Waals surface area contributed by atoms with Gasteiger partial charge in [-0.2, -0.15) is 0 Å². The molecule has 2 atom stereocenters. The average Bonchev–Trinajstić information content (AvgIpc) is 2.82. The molecule has 1 amide bonds. The van der Waals surface area contributed by atoms with Gasteiger partial charge in [0.25, 0.3) is 0 Å². The number of piperazine rings is 1. The number of carbonyl (C=O) groups is 1. The molecule has 2 unspecified atom stereocenters. The number of amides is 1. The van der Waals surface area contributed by atoms with Crippen LogP contribution in [0.5, 0.6) is 0 Å². The van der Waals surface area contributed by atoms with Crippen LogP contribution in [0.3, 0.4) is 0 Å². The zero-order valence-electron chi connectivity index (χ0n) is 10.2. The molecule has 3 nitrogen and oxygen atoms in total. The molecule has 0 radical (unpaired) electrons. The molecular formula is C13H22N2O. The molecule has 2 bridgehead atoms. The number of piperidine rings is 1. The molecule has 0 aromatic heterocycles. The Morgan fingerprint density at radius 1 is 1.19 bits per heavy atom. The minimum Gasteiger partial charge on any atom is -0.334 e. The molecule has 0 N–H and O–H groups in total. The minimum absolute atomic E-state index is 0.374. The van der Waals surface area contributed by atoms with E-state index in [4.69, 9.17) is 0 Å². The Bertz CT molecular complexity index is 274. The Morgan fingerprint density at radius 3 is 2.38 bits per heavy atom. The highest BCUT2D eigenvalue weighted by Gasteiger charge is 2.48. The summed E-state index contributed by atoms with van der Waals surface area (Å²) in [5.74, 6) is 0.855. The molecule has 3 saturated heterocycles. The molecule has 1 saturated carbocycles. The van der Waals surface area contributed by atoms with Crippen LogP contribution >= 0.6 is 0 Å². The number of hydrogen-bond donors (Lipinski definition) is 0. The summed E-state index contributed by atoms with van der Waals surface area (Å²) >= 11 is 0. The Kier molecular flexibility index (Phi) is 2.66. The predicted molar refractivity (Wildman–Crippen MR) is 63.1 cm³/mol. The van der Waals surface area contributed by atoms with Gasteiger partial charge < -0.3 is 4.90 Å². The predicted octanol–water partition coefficient (Wildman–Crippen LogP) is 1.48. The molecule has 0 aromatic carbocycles. The second-order valence-corrected chi connectivity index (χ2v) is 5.62. The highest BCUT2D eigenvalue weighted by atomic mass is 16.2. The molecule has 16 heavy (non-hydrogen) atoms. The van der Waals surface area contributed by atoms with Crippen molar-refractivity contribution >= 4 is 5.91 Å². The largest absolute Gasteiger partial charge is 0.334 e. The summed E-state index contributed by atoms with van der Waals surface area (Å²) in [6, 6.07) is 1.10. The Hall–Kier alpha value is -0.570. The number of rotatable bonds is 2. The number of nitrogens with zero attached hydrogens (tertiary/aromatic N) is 2. The normalized spacial score (nSPS) is 35.2. The summed E-state index contributed by atoms with van der Waals surface area (Å²) in [6.07, 6.45) is 6.08. The van der Waals surface area contributed by atoms with E-state index in [1.54, 1.807) is 0 Å². The van der Waals surface area contributed by atoms with Gasteiger partial charge in [0.1, 0.15) is 0 Å². The van der Waals surface area contributed by atoms with Crippen molar-refractivity contribution in [2.75, 3.05) is 19.6 Å². The van der Waals surface area contributed by atoms with E-state index in [9.17, 15) is 4.79 Å². The summed E-state index contributed by atoms with van der Waals surface area (Å²) in [6.45, 7) is 5.59. The van der Waals surface area contributed by atoms with Gasteiger partial charge in [-0.1, -0.05) is 19.8 Å². The van der Waals surface area contributed by atoms with Gasteiger partial charge in [0, 0.05) is 31.1 Å². The molecule has 3 aliphatic heterocycles. The van der Waals surface area contributed by atoms with Crippen LogP contribution < -0.4 is 0 Å². The zero-order chi connectivity index (χ0) is 11.1. The molecule has 4 aliphatic rings. The van der Waals surface area contributed by atoms with Crippen LogP contribution in [0.4, 0.5) is 0 Å². The molecule has 3 heterocycles. The third kappa shape index (κ3) is 1.56. The first-order chi connectivity index (χ1) is 7.79. The van der Waals surface area contributed by atoms with E-state index in [0.29, 0.717) is 23.9 Å². The number of fused-ring (bicyclic) bond motifs is 2. The summed E-state index contributed by atoms with van der Waals surface area (Å²) in [4.78, 5) is 17.1. The van der Waals surface area contributed by atoms with Crippen molar-refractivity contribution in [3.63, 3.8) is 0 Å². The minimum atomic E-state index is 0.374. The third-order valence-corrected chi connectivity index (χ3v) is 4.67. The van der Waals surface area contributed by atoms with Gasteiger partial charge >= 0.3 is 0 Å². The molecular weight excluding hydrogens is 200 g/mol. The smallest absolute Gasteiger partial charge is 0.226 e. The van der Waals surface area contributed by atoms with Crippen molar-refractivity contribution < 1.29 is 4.79 Å². The van der Waals surface area contributed by atoms with Crippen LogP contribution in [0, 0.1) is 5.92 Å². The lowest BCUT2D eigenvalue weighted by Gasteiger charge is -2.57. The van der Waals surface area contributed by atoms with Gasteiger partial charge in [-0.3, -0.25) is 9.69 Å². The molecule has 3 heteroatoms. The second-order valence-electron chi connectivity index (χ2n) is 5.62. The van der Waals surface area contributed by atoms with Gasteiger partial charge in [0.05, 0.1) is 0 Å². The van der Waals surface area contributed by atoms with Crippen molar-refractivity contribution in [3.05, 3.63) is 0 Å². The van der Waals surface area contributed by atoms with E-state index < -0.39 is 0 Å². The fraction of sp³-hybridized carbons (Fsp3) is 0.923. The van der Waals surface area contributed by atoms with Crippen molar-refractivity contribution in [2.45, 2.75) is 51.1 Å². The topological polar surface area (TPSA) is 23.6 Å². The van der Waals surface area contributed by atoms with Gasteiger partial charge in [0.2, 0.25) is 5.91 Å². The summed E-state index contributed by atoms with van der Waals surface area (Å²) in [5, 5.41) is 0. The first kappa shape index (κ1) is 10.6. The SMILES string of the molecule is CCN1CC2CC(C1)N2C(=O)C1CCCC1. The van der Waals surface area contributed by atoms with Crippen LogP contribution in [0.15, 0.2) is 0 Å². The van der Waals surface area contributed by atoms with E-state index in [-0.39, 0.29) is 0 Å². The maximum atomic E-state index is 12.3. The fourth-order valence-electron chi connectivity index (χ4n) is 3.70. The molecule has 90 valence electrons. The van der Waals surface area contributed by atoms with Crippen LogP contribution in [-0.4, -0.2) is 47.4 Å². The first-order valence-corrected chi connectivity index (χ1v) is 6.84. The molecule has 0 spiro atoms. The molecule has 4 rings (SSSR count). The Balaban J connectivity index is 1.63. The maximum absolute atomic E-state index is 12.3. The van der Waals surface area contributed by atoms with Crippen molar-refractivity contribution in [3.8, 4) is 0 Å². The van der Waals surface area contributed by atoms with E-state index in [1.807, 2.05) is 0 Å². The summed E-state index contributed by atoms with van der Waals surface area (Å²) in [7, 11) is 0. The van der Waals surface area contributed by atoms with Crippen LogP contribution in [0.2, 0.25) is 0 Å². The van der Waals surface area contributed by atoms with E-state index in [1.165, 1.54) is 19.3 Å². The monoisotopic (exact) mass is 222 g/mol. The molecule has 0 aromatic rings. The first-order valence-electron chi connectivity index (χ1n) is 6.84. The Labute approximate surface area is 97.8 Å². The van der Waals surface area contributed by atoms with Crippen molar-refractivity contribution in [2.24, 2.45) is 5.92 Å². The van der Waals surface area contributed by atoms with Crippen LogP contribution in [-0.2, 0) is 4.79 Å². The van der Waals surface area contributed by atoms with E-state index in [2.05, 4.69) is 16.7 Å². The highest BCUT2D eigenvalue weighted by Crippen LogP contribution is 2.36. The molecule has 4 fully saturated rings. The van der Waals surface area contributed by atoms with Crippen LogP contribution in [0.25, 0.3) is 0 Å². The lowest BCUT2D eigenvalue weighted by molar-refractivity contribution is -0.158. The second kappa shape index (κ2) is 4.02. The quantitative estimate of drug-likeness (QED) is 0.706. The molecule has 1 aliphatic carbocycles.